The second-order valence-electron chi connectivity index (χ2n) is 7.82. The number of allylic oxidation sites excluding steroid dienone is 1. The molecule has 3 atom stereocenters. The molecule has 2 amide bonds. The number of amides is 2. The van der Waals surface area contributed by atoms with Crippen LogP contribution in [0.15, 0.2) is 23.4 Å². The smallest absolute Gasteiger partial charge is 0.414 e. The first kappa shape index (κ1) is 20.4. The molecule has 2 aliphatic heterocycles. The highest BCUT2D eigenvalue weighted by Gasteiger charge is 2.53. The van der Waals surface area contributed by atoms with Gasteiger partial charge in [0.1, 0.15) is 11.8 Å². The van der Waals surface area contributed by atoms with Crippen molar-refractivity contribution >= 4 is 23.4 Å². The number of nitrogens with one attached hydrogen (secondary N) is 2. The minimum Gasteiger partial charge on any atom is -0.442 e. The highest BCUT2D eigenvalue weighted by molar-refractivity contribution is 5.90. The minimum absolute atomic E-state index is 0.0787. The molecule has 2 N–H and O–H groups in total. The Morgan fingerprint density at radius 2 is 1.83 bits per heavy atom. The number of fused-ring (bicyclic) bond motifs is 1. The van der Waals surface area contributed by atoms with Crippen molar-refractivity contribution in [1.29, 1.82) is 0 Å². The molecule has 4 rings (SSSR count). The first-order valence-electron chi connectivity index (χ1n) is 9.76. The van der Waals surface area contributed by atoms with Crippen molar-refractivity contribution in [3.05, 3.63) is 35.0 Å². The lowest BCUT2D eigenvalue weighted by atomic mass is 10.2. The number of nitrogens with zero attached hydrogens (tertiary/aromatic N) is 2. The highest BCUT2D eigenvalue weighted by Crippen LogP contribution is 2.53. The average Bonchev–Trinajstić information content (AvgIpc) is 2.98. The van der Waals surface area contributed by atoms with Gasteiger partial charge in [0.2, 0.25) is 5.91 Å². The van der Waals surface area contributed by atoms with E-state index in [0.29, 0.717) is 13.1 Å². The van der Waals surface area contributed by atoms with Gasteiger partial charge in [0, 0.05) is 49.7 Å². The Labute approximate surface area is 172 Å². The monoisotopic (exact) mass is 422 g/mol. The number of benzene rings is 1. The summed E-state index contributed by atoms with van der Waals surface area (Å²) in [6.45, 7) is 4.58. The number of cyclic esters (lactones) is 1. The van der Waals surface area contributed by atoms with E-state index in [4.69, 9.17) is 9.57 Å². The molecule has 0 aromatic heterocycles. The van der Waals surface area contributed by atoms with Crippen molar-refractivity contribution in [1.82, 2.24) is 10.8 Å². The standard InChI is InChI=1S/C20H24F2N4O4/c1-10(24-29-3)18-14-8-25(9-15(14)18)19-16(21)4-12(5-17(19)22)26-7-13(30-20(26)28)6-23-11(2)27/h4-5,13-15,24H,6-9H2,1-3H3,(H,23,27)/t13-,14-,15+/m0/s1. The van der Waals surface area contributed by atoms with Crippen molar-refractivity contribution in [3.8, 4) is 0 Å². The molecule has 1 aromatic carbocycles. The fraction of sp³-hybridized carbons (Fsp3) is 0.500. The molecule has 2 saturated heterocycles. The number of anilines is 2. The summed E-state index contributed by atoms with van der Waals surface area (Å²) in [6.07, 6.45) is -1.28. The number of rotatable bonds is 6. The van der Waals surface area contributed by atoms with Crippen LogP contribution in [0, 0.1) is 23.5 Å². The highest BCUT2D eigenvalue weighted by atomic mass is 19.1. The second kappa shape index (κ2) is 7.75. The SMILES string of the molecule is CONC(C)=C1[C@H]2CN(c3c(F)cc(N4C[C@H](CNC(C)=O)OC4=O)cc3F)C[C@@H]12. The van der Waals surface area contributed by atoms with Crippen LogP contribution in [0.3, 0.4) is 0 Å². The molecule has 0 unspecified atom stereocenters. The van der Waals surface area contributed by atoms with E-state index in [-0.39, 0.29) is 42.2 Å². The Balaban J connectivity index is 1.46. The molecule has 0 radical (unpaired) electrons. The van der Waals surface area contributed by atoms with Crippen LogP contribution in [0.4, 0.5) is 25.0 Å². The summed E-state index contributed by atoms with van der Waals surface area (Å²) in [5.74, 6) is -1.17. The fourth-order valence-electron chi connectivity index (χ4n) is 4.44. The number of hydrogen-bond donors (Lipinski definition) is 2. The van der Waals surface area contributed by atoms with Gasteiger partial charge in [-0.25, -0.2) is 13.6 Å². The van der Waals surface area contributed by atoms with Crippen molar-refractivity contribution in [3.63, 3.8) is 0 Å². The lowest BCUT2D eigenvalue weighted by Crippen LogP contribution is -2.33. The third-order valence-electron chi connectivity index (χ3n) is 5.78. The summed E-state index contributed by atoms with van der Waals surface area (Å²) in [7, 11) is 1.54. The van der Waals surface area contributed by atoms with Gasteiger partial charge in [0.25, 0.3) is 0 Å². The van der Waals surface area contributed by atoms with Gasteiger partial charge in [0.15, 0.2) is 11.6 Å². The van der Waals surface area contributed by atoms with Gasteiger partial charge >= 0.3 is 6.09 Å². The van der Waals surface area contributed by atoms with Crippen LogP contribution in [0.25, 0.3) is 0 Å². The zero-order chi connectivity index (χ0) is 21.6. The van der Waals surface area contributed by atoms with Crippen LogP contribution in [-0.2, 0) is 14.4 Å². The van der Waals surface area contributed by atoms with Crippen LogP contribution in [0.1, 0.15) is 13.8 Å². The van der Waals surface area contributed by atoms with E-state index < -0.39 is 23.8 Å². The second-order valence-corrected chi connectivity index (χ2v) is 7.82. The van der Waals surface area contributed by atoms with E-state index in [0.717, 1.165) is 17.8 Å². The molecule has 1 saturated carbocycles. The van der Waals surface area contributed by atoms with E-state index in [9.17, 15) is 18.4 Å². The van der Waals surface area contributed by atoms with E-state index in [1.807, 2.05) is 6.92 Å². The Morgan fingerprint density at radius 3 is 2.40 bits per heavy atom. The maximum Gasteiger partial charge on any atom is 0.414 e. The molecule has 3 fully saturated rings. The first-order valence-corrected chi connectivity index (χ1v) is 9.76. The predicted molar refractivity (Wildman–Crippen MR) is 105 cm³/mol. The predicted octanol–water partition coefficient (Wildman–Crippen LogP) is 1.92. The first-order chi connectivity index (χ1) is 14.3. The summed E-state index contributed by atoms with van der Waals surface area (Å²) in [6, 6.07) is 2.30. The summed E-state index contributed by atoms with van der Waals surface area (Å²) in [4.78, 5) is 30.9. The number of hydroxylamine groups is 1. The molecule has 30 heavy (non-hydrogen) atoms. The van der Waals surface area contributed by atoms with Gasteiger partial charge in [-0.2, -0.15) is 0 Å². The molecule has 1 aliphatic carbocycles. The van der Waals surface area contributed by atoms with Crippen molar-refractivity contribution in [2.75, 3.05) is 43.1 Å². The van der Waals surface area contributed by atoms with Gasteiger partial charge in [-0.15, -0.1) is 0 Å². The van der Waals surface area contributed by atoms with Crippen LogP contribution >= 0.6 is 0 Å². The van der Waals surface area contributed by atoms with E-state index in [1.165, 1.54) is 17.4 Å². The van der Waals surface area contributed by atoms with Crippen LogP contribution < -0.4 is 20.6 Å². The zero-order valence-electron chi connectivity index (χ0n) is 17.0. The van der Waals surface area contributed by atoms with E-state index >= 15 is 0 Å². The fourth-order valence-corrected chi connectivity index (χ4v) is 4.44. The normalized spacial score (nSPS) is 26.4. The van der Waals surface area contributed by atoms with Gasteiger partial charge < -0.3 is 15.0 Å². The number of halogens is 2. The Kier molecular flexibility index (Phi) is 5.27. The number of piperidine rings is 1. The maximum absolute atomic E-state index is 14.9. The molecule has 10 heteroatoms. The molecule has 8 nitrogen and oxygen atoms in total. The number of carbonyl (C=O) groups is 2. The van der Waals surface area contributed by atoms with Gasteiger partial charge in [-0.3, -0.25) is 20.0 Å². The minimum atomic E-state index is -0.721. The molecule has 162 valence electrons. The maximum atomic E-state index is 14.9. The van der Waals surface area contributed by atoms with Crippen molar-refractivity contribution in [2.45, 2.75) is 20.0 Å². The molecular weight excluding hydrogens is 398 g/mol. The van der Waals surface area contributed by atoms with Crippen LogP contribution in [-0.4, -0.2) is 51.4 Å². The van der Waals surface area contributed by atoms with Crippen molar-refractivity contribution < 1.29 is 27.9 Å². The quantitative estimate of drug-likeness (QED) is 0.682. The van der Waals surface area contributed by atoms with Crippen LogP contribution in [0.2, 0.25) is 0 Å². The number of hydrogen-bond acceptors (Lipinski definition) is 6. The molecule has 2 heterocycles. The third-order valence-corrected chi connectivity index (χ3v) is 5.78. The van der Waals surface area contributed by atoms with Gasteiger partial charge in [0.05, 0.1) is 25.9 Å². The molecular formula is C20H24F2N4O4. The summed E-state index contributed by atoms with van der Waals surface area (Å²) in [5, 5.41) is 2.56. The summed E-state index contributed by atoms with van der Waals surface area (Å²) < 4.78 is 34.9. The lowest BCUT2D eigenvalue weighted by molar-refractivity contribution is -0.119. The molecule has 0 spiro atoms. The van der Waals surface area contributed by atoms with Crippen LogP contribution in [0.5, 0.6) is 0 Å². The topological polar surface area (TPSA) is 83.1 Å². The lowest BCUT2D eigenvalue weighted by Gasteiger charge is -2.23. The van der Waals surface area contributed by atoms with E-state index in [1.54, 1.807) is 12.0 Å². The number of ether oxygens (including phenoxy) is 1. The average molecular weight is 422 g/mol. The van der Waals surface area contributed by atoms with Gasteiger partial charge in [-0.05, 0) is 12.5 Å². The van der Waals surface area contributed by atoms with Gasteiger partial charge in [-0.1, -0.05) is 0 Å². The Hall–Kier alpha value is -2.88. The molecule has 3 aliphatic rings. The molecule has 0 bridgehead atoms. The third kappa shape index (κ3) is 3.67. The van der Waals surface area contributed by atoms with E-state index in [2.05, 4.69) is 10.8 Å². The zero-order valence-corrected chi connectivity index (χ0v) is 17.0. The summed E-state index contributed by atoms with van der Waals surface area (Å²) >= 11 is 0. The largest absolute Gasteiger partial charge is 0.442 e. The Bertz CT molecular complexity index is 885. The van der Waals surface area contributed by atoms with Crippen molar-refractivity contribution in [2.24, 2.45) is 11.8 Å². The number of carbonyl (C=O) groups excluding carboxylic acids is 2. The molecule has 1 aromatic rings. The summed E-state index contributed by atoms with van der Waals surface area (Å²) in [5.41, 5.74) is 5.01. The Morgan fingerprint density at radius 1 is 1.20 bits per heavy atom.